The number of carboxylic acid groups (broad SMARTS) is 1. The van der Waals surface area contributed by atoms with Crippen LogP contribution in [0.2, 0.25) is 0 Å². The second-order valence-corrected chi connectivity index (χ2v) is 6.35. The number of carbonyl (C=O) groups is 2. The van der Waals surface area contributed by atoms with Gasteiger partial charge in [0.2, 0.25) is 5.91 Å². The van der Waals surface area contributed by atoms with Crippen LogP contribution in [0.5, 0.6) is 0 Å². The lowest BCUT2D eigenvalue weighted by Gasteiger charge is -2.20. The third-order valence-electron chi connectivity index (χ3n) is 3.47. The third-order valence-corrected chi connectivity index (χ3v) is 4.11. The number of nitrogens with two attached hydrogens (primary N) is 1. The highest BCUT2D eigenvalue weighted by Crippen LogP contribution is 2.20. The van der Waals surface area contributed by atoms with Crippen LogP contribution in [0.25, 0.3) is 0 Å². The summed E-state index contributed by atoms with van der Waals surface area (Å²) in [5.74, 6) is 0.480. The molecule has 4 N–H and O–H groups in total. The number of aliphatic carboxylic acids is 1. The molecule has 0 heterocycles. The molecule has 118 valence electrons. The van der Waals surface area contributed by atoms with Crippen molar-refractivity contribution in [3.8, 4) is 0 Å². The molecular formula is C14H28N2O3S. The Labute approximate surface area is 126 Å². The van der Waals surface area contributed by atoms with Crippen LogP contribution >= 0.6 is 11.8 Å². The van der Waals surface area contributed by atoms with Crippen molar-refractivity contribution in [1.82, 2.24) is 5.32 Å². The van der Waals surface area contributed by atoms with E-state index in [1.54, 1.807) is 11.8 Å². The summed E-state index contributed by atoms with van der Waals surface area (Å²) in [6, 6.07) is -0.776. The lowest BCUT2D eigenvalue weighted by molar-refractivity contribution is -0.141. The summed E-state index contributed by atoms with van der Waals surface area (Å²) in [5.41, 5.74) is 5.57. The molecule has 0 aromatic heterocycles. The minimum atomic E-state index is -0.963. The highest BCUT2D eigenvalue weighted by atomic mass is 32.2. The summed E-state index contributed by atoms with van der Waals surface area (Å²) in [6.45, 7) is 4.86. The molecule has 0 aliphatic heterocycles. The molecule has 6 heteroatoms. The molecule has 0 fully saturated rings. The van der Waals surface area contributed by atoms with Crippen molar-refractivity contribution >= 4 is 23.6 Å². The Balaban J connectivity index is 4.20. The van der Waals surface area contributed by atoms with E-state index in [-0.39, 0.29) is 5.91 Å². The van der Waals surface area contributed by atoms with Gasteiger partial charge >= 0.3 is 5.97 Å². The quantitative estimate of drug-likeness (QED) is 0.540. The van der Waals surface area contributed by atoms with Crippen molar-refractivity contribution in [3.63, 3.8) is 0 Å². The van der Waals surface area contributed by atoms with E-state index >= 15 is 0 Å². The fourth-order valence-electron chi connectivity index (χ4n) is 2.10. The SMILES string of the molecule is CSCC[C@@H](NC(=O)CCC(CCN)C(C)C)C(=O)O. The number of nitrogens with one attached hydrogen (secondary N) is 1. The van der Waals surface area contributed by atoms with E-state index in [0.29, 0.717) is 31.2 Å². The normalized spacial score (nSPS) is 14.1. The molecule has 0 bridgehead atoms. The third kappa shape index (κ3) is 8.43. The number of carbonyl (C=O) groups excluding carboxylic acids is 1. The lowest BCUT2D eigenvalue weighted by atomic mass is 9.88. The van der Waals surface area contributed by atoms with Crippen molar-refractivity contribution < 1.29 is 14.7 Å². The van der Waals surface area contributed by atoms with E-state index < -0.39 is 12.0 Å². The highest BCUT2D eigenvalue weighted by Gasteiger charge is 2.20. The maximum absolute atomic E-state index is 11.8. The van der Waals surface area contributed by atoms with Crippen LogP contribution in [-0.2, 0) is 9.59 Å². The van der Waals surface area contributed by atoms with Crippen LogP contribution in [0.1, 0.15) is 39.5 Å². The van der Waals surface area contributed by atoms with Crippen LogP contribution < -0.4 is 11.1 Å². The Kier molecular flexibility index (Phi) is 10.6. The molecule has 20 heavy (non-hydrogen) atoms. The zero-order valence-electron chi connectivity index (χ0n) is 12.7. The van der Waals surface area contributed by atoms with Gasteiger partial charge in [0.25, 0.3) is 0 Å². The fraction of sp³-hybridized carbons (Fsp3) is 0.857. The maximum atomic E-state index is 11.8. The van der Waals surface area contributed by atoms with Gasteiger partial charge in [-0.1, -0.05) is 13.8 Å². The monoisotopic (exact) mass is 304 g/mol. The topological polar surface area (TPSA) is 92.4 Å². The lowest BCUT2D eigenvalue weighted by Crippen LogP contribution is -2.41. The molecule has 0 aromatic rings. The Morgan fingerprint density at radius 3 is 2.35 bits per heavy atom. The summed E-state index contributed by atoms with van der Waals surface area (Å²) in [4.78, 5) is 22.9. The van der Waals surface area contributed by atoms with Crippen LogP contribution in [-0.4, -0.2) is 41.6 Å². The molecule has 1 amide bonds. The van der Waals surface area contributed by atoms with E-state index in [0.717, 1.165) is 18.6 Å². The van der Waals surface area contributed by atoms with E-state index in [4.69, 9.17) is 10.8 Å². The van der Waals surface area contributed by atoms with Crippen molar-refractivity contribution in [2.75, 3.05) is 18.6 Å². The van der Waals surface area contributed by atoms with Gasteiger partial charge in [-0.15, -0.1) is 0 Å². The number of thioether (sulfide) groups is 1. The zero-order chi connectivity index (χ0) is 15.5. The summed E-state index contributed by atoms with van der Waals surface area (Å²) in [6.07, 6.45) is 4.40. The van der Waals surface area contributed by atoms with Crippen molar-refractivity contribution in [1.29, 1.82) is 0 Å². The Morgan fingerprint density at radius 1 is 1.25 bits per heavy atom. The van der Waals surface area contributed by atoms with Gasteiger partial charge in [-0.25, -0.2) is 4.79 Å². The smallest absolute Gasteiger partial charge is 0.326 e. The molecule has 2 atom stereocenters. The molecule has 0 aromatic carbocycles. The Hall–Kier alpha value is -0.750. The number of rotatable bonds is 11. The molecule has 0 rings (SSSR count). The molecular weight excluding hydrogens is 276 g/mol. The number of hydrogen-bond acceptors (Lipinski definition) is 4. The first-order valence-corrected chi connectivity index (χ1v) is 8.52. The molecule has 0 radical (unpaired) electrons. The molecule has 1 unspecified atom stereocenters. The maximum Gasteiger partial charge on any atom is 0.326 e. The first-order chi connectivity index (χ1) is 9.42. The summed E-state index contributed by atoms with van der Waals surface area (Å²) >= 11 is 1.57. The van der Waals surface area contributed by atoms with Gasteiger partial charge < -0.3 is 16.2 Å². The summed E-state index contributed by atoms with van der Waals surface area (Å²) in [5, 5.41) is 11.7. The fourth-order valence-corrected chi connectivity index (χ4v) is 2.57. The Morgan fingerprint density at radius 2 is 1.90 bits per heavy atom. The second kappa shape index (κ2) is 11.0. The average molecular weight is 304 g/mol. The van der Waals surface area contributed by atoms with Gasteiger partial charge in [0.05, 0.1) is 0 Å². The largest absolute Gasteiger partial charge is 0.480 e. The number of amides is 1. The van der Waals surface area contributed by atoms with Gasteiger partial charge in [0.15, 0.2) is 0 Å². The van der Waals surface area contributed by atoms with E-state index in [1.807, 2.05) is 6.26 Å². The molecule has 0 aliphatic carbocycles. The Bertz CT molecular complexity index is 298. The van der Waals surface area contributed by atoms with Crippen LogP contribution in [0, 0.1) is 11.8 Å². The van der Waals surface area contributed by atoms with Crippen LogP contribution in [0.3, 0.4) is 0 Å². The predicted octanol–water partition coefficient (Wildman–Crippen LogP) is 1.71. The number of hydrogen-bond donors (Lipinski definition) is 3. The predicted molar refractivity (Wildman–Crippen MR) is 83.8 cm³/mol. The van der Waals surface area contributed by atoms with Gasteiger partial charge in [-0.3, -0.25) is 4.79 Å². The standard InChI is InChI=1S/C14H28N2O3S/c1-10(2)11(6-8-15)4-5-13(17)16-12(14(18)19)7-9-20-3/h10-12H,4-9,15H2,1-3H3,(H,16,17)(H,18,19)/t11?,12-/m1/s1. The van der Waals surface area contributed by atoms with Crippen LogP contribution in [0.15, 0.2) is 0 Å². The molecule has 0 saturated carbocycles. The molecule has 5 nitrogen and oxygen atoms in total. The highest BCUT2D eigenvalue weighted by molar-refractivity contribution is 7.98. The first-order valence-electron chi connectivity index (χ1n) is 7.13. The van der Waals surface area contributed by atoms with E-state index in [2.05, 4.69) is 19.2 Å². The van der Waals surface area contributed by atoms with E-state index in [9.17, 15) is 9.59 Å². The summed E-state index contributed by atoms with van der Waals surface area (Å²) in [7, 11) is 0. The van der Waals surface area contributed by atoms with Gasteiger partial charge in [-0.2, -0.15) is 11.8 Å². The minimum absolute atomic E-state index is 0.179. The minimum Gasteiger partial charge on any atom is -0.480 e. The van der Waals surface area contributed by atoms with Crippen molar-refractivity contribution in [3.05, 3.63) is 0 Å². The van der Waals surface area contributed by atoms with Crippen molar-refractivity contribution in [2.45, 2.75) is 45.6 Å². The molecule has 0 saturated heterocycles. The zero-order valence-corrected chi connectivity index (χ0v) is 13.5. The van der Waals surface area contributed by atoms with Gasteiger partial charge in [-0.05, 0) is 49.7 Å². The average Bonchev–Trinajstić information content (AvgIpc) is 2.38. The van der Waals surface area contributed by atoms with Crippen molar-refractivity contribution in [2.24, 2.45) is 17.6 Å². The van der Waals surface area contributed by atoms with Gasteiger partial charge in [0.1, 0.15) is 6.04 Å². The first kappa shape index (κ1) is 19.2. The summed E-state index contributed by atoms with van der Waals surface area (Å²) < 4.78 is 0. The van der Waals surface area contributed by atoms with Gasteiger partial charge in [0, 0.05) is 6.42 Å². The molecule has 0 spiro atoms. The molecule has 0 aliphatic rings. The number of carboxylic acids is 1. The van der Waals surface area contributed by atoms with Crippen LogP contribution in [0.4, 0.5) is 0 Å². The second-order valence-electron chi connectivity index (χ2n) is 5.36. The van der Waals surface area contributed by atoms with E-state index in [1.165, 1.54) is 0 Å².